The van der Waals surface area contributed by atoms with Gasteiger partial charge in [0.2, 0.25) is 5.91 Å². The number of fused-ring (bicyclic) bond motifs is 1. The number of rotatable bonds is 3. The van der Waals surface area contributed by atoms with Crippen molar-refractivity contribution in [1.82, 2.24) is 4.57 Å². The number of hydrogen-bond donors (Lipinski definition) is 1. The van der Waals surface area contributed by atoms with Crippen molar-refractivity contribution in [1.29, 1.82) is 0 Å². The minimum Gasteiger partial charge on any atom is -0.338 e. The molecule has 3 rings (SSSR count). The zero-order chi connectivity index (χ0) is 17.3. The highest BCUT2D eigenvalue weighted by Crippen LogP contribution is 2.19. The first-order chi connectivity index (χ1) is 11.4. The molecule has 1 aromatic heterocycles. The summed E-state index contributed by atoms with van der Waals surface area (Å²) in [4.78, 5) is 24.0. The number of hydrogen-bond acceptors (Lipinski definition) is 2. The number of carbonyl (C=O) groups excluding carboxylic acids is 1. The lowest BCUT2D eigenvalue weighted by Gasteiger charge is -2.11. The quantitative estimate of drug-likeness (QED) is 0.786. The van der Waals surface area contributed by atoms with Crippen LogP contribution < -0.4 is 10.7 Å². The summed E-state index contributed by atoms with van der Waals surface area (Å²) in [5.74, 6) is -1.50. The first-order valence-corrected chi connectivity index (χ1v) is 7.35. The van der Waals surface area contributed by atoms with E-state index in [2.05, 4.69) is 5.32 Å². The van der Waals surface area contributed by atoms with Crippen molar-refractivity contribution in [3.05, 3.63) is 75.5 Å². The molecule has 0 fully saturated rings. The molecule has 24 heavy (non-hydrogen) atoms. The van der Waals surface area contributed by atoms with Crippen LogP contribution in [0, 0.1) is 11.6 Å². The zero-order valence-electron chi connectivity index (χ0n) is 12.2. The van der Waals surface area contributed by atoms with E-state index in [1.54, 1.807) is 0 Å². The van der Waals surface area contributed by atoms with Crippen LogP contribution in [-0.4, -0.2) is 10.5 Å². The Balaban J connectivity index is 1.87. The van der Waals surface area contributed by atoms with Crippen LogP contribution in [0.15, 0.2) is 53.5 Å². The van der Waals surface area contributed by atoms with Gasteiger partial charge in [0, 0.05) is 23.3 Å². The van der Waals surface area contributed by atoms with E-state index in [-0.39, 0.29) is 22.4 Å². The molecule has 0 bridgehead atoms. The van der Waals surface area contributed by atoms with Gasteiger partial charge >= 0.3 is 0 Å². The van der Waals surface area contributed by atoms with Crippen molar-refractivity contribution >= 4 is 34.1 Å². The fraction of sp³-hybridized carbons (Fsp3) is 0.0588. The number of aromatic nitrogens is 1. The van der Waals surface area contributed by atoms with Crippen molar-refractivity contribution in [3.8, 4) is 0 Å². The average Bonchev–Trinajstić information content (AvgIpc) is 2.54. The zero-order valence-corrected chi connectivity index (χ0v) is 13.0. The van der Waals surface area contributed by atoms with Crippen LogP contribution in [0.3, 0.4) is 0 Å². The second-order valence-electron chi connectivity index (χ2n) is 5.15. The molecule has 0 aliphatic rings. The Labute approximate surface area is 140 Å². The summed E-state index contributed by atoms with van der Waals surface area (Å²) in [6, 6.07) is 8.89. The van der Waals surface area contributed by atoms with Gasteiger partial charge in [0.25, 0.3) is 0 Å². The third kappa shape index (κ3) is 3.28. The maximum atomic E-state index is 13.3. The largest absolute Gasteiger partial charge is 0.338 e. The molecule has 0 aliphatic heterocycles. The lowest BCUT2D eigenvalue weighted by atomic mass is 10.2. The predicted octanol–water partition coefficient (Wildman–Crippen LogP) is 3.57. The Bertz CT molecular complexity index is 1000. The van der Waals surface area contributed by atoms with E-state index >= 15 is 0 Å². The van der Waals surface area contributed by atoms with Crippen LogP contribution in [0.2, 0.25) is 5.02 Å². The Hall–Kier alpha value is -2.73. The molecule has 1 heterocycles. The number of nitrogens with one attached hydrogen (secondary N) is 1. The van der Waals surface area contributed by atoms with Crippen LogP contribution in [0.25, 0.3) is 10.9 Å². The molecule has 1 N–H and O–H groups in total. The van der Waals surface area contributed by atoms with Gasteiger partial charge in [0.05, 0.1) is 10.5 Å². The van der Waals surface area contributed by atoms with Gasteiger partial charge in [-0.3, -0.25) is 9.59 Å². The summed E-state index contributed by atoms with van der Waals surface area (Å²) in [6.45, 7) is -0.0998. The summed E-state index contributed by atoms with van der Waals surface area (Å²) in [7, 11) is 0. The van der Waals surface area contributed by atoms with Crippen molar-refractivity contribution < 1.29 is 13.6 Å². The molecular weight excluding hydrogens is 338 g/mol. The summed E-state index contributed by atoms with van der Waals surface area (Å²) in [6.07, 6.45) is 1.46. The smallest absolute Gasteiger partial charge is 0.244 e. The van der Waals surface area contributed by atoms with E-state index in [1.165, 1.54) is 41.1 Å². The lowest BCUT2D eigenvalue weighted by molar-refractivity contribution is -0.116. The van der Waals surface area contributed by atoms with Crippen LogP contribution in [0.5, 0.6) is 0 Å². The van der Waals surface area contributed by atoms with E-state index in [9.17, 15) is 18.4 Å². The SMILES string of the molecule is O=C(Cn1ccc(=O)c2cc(F)ccc21)Nc1ccc(F)c(Cl)c1. The van der Waals surface area contributed by atoms with Crippen LogP contribution in [0.1, 0.15) is 0 Å². The van der Waals surface area contributed by atoms with Gasteiger partial charge in [-0.05, 0) is 36.4 Å². The van der Waals surface area contributed by atoms with Gasteiger partial charge < -0.3 is 9.88 Å². The average molecular weight is 349 g/mol. The normalized spacial score (nSPS) is 10.8. The van der Waals surface area contributed by atoms with Crippen molar-refractivity contribution in [3.63, 3.8) is 0 Å². The number of benzene rings is 2. The molecule has 1 amide bonds. The topological polar surface area (TPSA) is 51.1 Å². The summed E-state index contributed by atoms with van der Waals surface area (Å²) < 4.78 is 27.9. The van der Waals surface area contributed by atoms with Gasteiger partial charge in [-0.1, -0.05) is 11.6 Å². The van der Waals surface area contributed by atoms with E-state index < -0.39 is 17.5 Å². The number of carbonyl (C=O) groups is 1. The number of anilines is 1. The van der Waals surface area contributed by atoms with Crippen molar-refractivity contribution in [2.24, 2.45) is 0 Å². The molecule has 0 radical (unpaired) electrons. The third-order valence-corrected chi connectivity index (χ3v) is 3.75. The van der Waals surface area contributed by atoms with Crippen molar-refractivity contribution in [2.45, 2.75) is 6.54 Å². The number of amides is 1. The van der Waals surface area contributed by atoms with Gasteiger partial charge in [-0.15, -0.1) is 0 Å². The van der Waals surface area contributed by atoms with E-state index in [0.717, 1.165) is 12.1 Å². The minimum absolute atomic E-state index is 0.0998. The Morgan fingerprint density at radius 1 is 1.12 bits per heavy atom. The van der Waals surface area contributed by atoms with Gasteiger partial charge in [0.1, 0.15) is 18.2 Å². The first kappa shape index (κ1) is 16.1. The number of pyridine rings is 1. The predicted molar refractivity (Wildman–Crippen MR) is 88.2 cm³/mol. The molecule has 0 aliphatic carbocycles. The maximum absolute atomic E-state index is 13.3. The first-order valence-electron chi connectivity index (χ1n) is 6.97. The Morgan fingerprint density at radius 3 is 2.67 bits per heavy atom. The molecule has 0 spiro atoms. The third-order valence-electron chi connectivity index (χ3n) is 3.46. The molecule has 122 valence electrons. The molecule has 2 aromatic carbocycles. The fourth-order valence-corrected chi connectivity index (χ4v) is 2.53. The monoisotopic (exact) mass is 348 g/mol. The van der Waals surface area contributed by atoms with E-state index in [4.69, 9.17) is 11.6 Å². The molecule has 0 unspecified atom stereocenters. The van der Waals surface area contributed by atoms with Gasteiger partial charge in [0.15, 0.2) is 5.43 Å². The van der Waals surface area contributed by atoms with E-state index in [1.807, 2.05) is 0 Å². The number of nitrogens with zero attached hydrogens (tertiary/aromatic N) is 1. The highest BCUT2D eigenvalue weighted by molar-refractivity contribution is 6.31. The Kier molecular flexibility index (Phi) is 4.31. The molecule has 7 heteroatoms. The summed E-state index contributed by atoms with van der Waals surface area (Å²) in [5, 5.41) is 2.68. The Morgan fingerprint density at radius 2 is 1.92 bits per heavy atom. The lowest BCUT2D eigenvalue weighted by Crippen LogP contribution is -2.20. The standard InChI is InChI=1S/C17H11ClF2N2O2/c18-13-8-11(2-3-14(13)20)21-17(24)9-22-6-5-16(23)12-7-10(19)1-4-15(12)22/h1-8H,9H2,(H,21,24). The summed E-state index contributed by atoms with van der Waals surface area (Å²) in [5.41, 5.74) is 0.463. The fourth-order valence-electron chi connectivity index (χ4n) is 2.35. The molecule has 0 atom stereocenters. The van der Waals surface area contributed by atoms with Crippen LogP contribution >= 0.6 is 11.6 Å². The number of halogens is 3. The van der Waals surface area contributed by atoms with Gasteiger partial charge in [-0.25, -0.2) is 8.78 Å². The highest BCUT2D eigenvalue weighted by atomic mass is 35.5. The minimum atomic E-state index is -0.580. The van der Waals surface area contributed by atoms with Crippen molar-refractivity contribution in [2.75, 3.05) is 5.32 Å². The van der Waals surface area contributed by atoms with Crippen LogP contribution in [0.4, 0.5) is 14.5 Å². The maximum Gasteiger partial charge on any atom is 0.244 e. The molecule has 4 nitrogen and oxygen atoms in total. The van der Waals surface area contributed by atoms with Gasteiger partial charge in [-0.2, -0.15) is 0 Å². The second-order valence-corrected chi connectivity index (χ2v) is 5.55. The van der Waals surface area contributed by atoms with E-state index in [0.29, 0.717) is 11.2 Å². The summed E-state index contributed by atoms with van der Waals surface area (Å²) >= 11 is 5.67. The van der Waals surface area contributed by atoms with Crippen LogP contribution in [-0.2, 0) is 11.3 Å². The molecular formula is C17H11ClF2N2O2. The molecule has 0 saturated heterocycles. The molecule has 3 aromatic rings. The highest BCUT2D eigenvalue weighted by Gasteiger charge is 2.09. The molecule has 0 saturated carbocycles. The second kappa shape index (κ2) is 6.41.